The van der Waals surface area contributed by atoms with E-state index in [0.29, 0.717) is 12.5 Å². The summed E-state index contributed by atoms with van der Waals surface area (Å²) in [6, 6.07) is 8.24. The highest BCUT2D eigenvalue weighted by Gasteiger charge is 2.07. The molecule has 1 heterocycles. The van der Waals surface area contributed by atoms with Crippen LogP contribution in [0.5, 0.6) is 0 Å². The Morgan fingerprint density at radius 3 is 2.79 bits per heavy atom. The van der Waals surface area contributed by atoms with Crippen molar-refractivity contribution < 1.29 is 5.11 Å². The second-order valence-corrected chi connectivity index (χ2v) is 5.43. The smallest absolute Gasteiger partial charge is 0.0667 e. The second kappa shape index (κ2) is 6.64. The molecule has 1 aromatic heterocycles. The van der Waals surface area contributed by atoms with Gasteiger partial charge in [-0.15, -0.1) is 0 Å². The first-order valence-corrected chi connectivity index (χ1v) is 6.87. The lowest BCUT2D eigenvalue weighted by Crippen LogP contribution is -2.27. The van der Waals surface area contributed by atoms with E-state index < -0.39 is 0 Å². The van der Waals surface area contributed by atoms with E-state index in [9.17, 15) is 5.11 Å². The van der Waals surface area contributed by atoms with Crippen LogP contribution in [-0.2, 0) is 6.54 Å². The summed E-state index contributed by atoms with van der Waals surface area (Å²) in [5.74, 6) is 0.524. The lowest BCUT2D eigenvalue weighted by molar-refractivity contribution is 0.146. The minimum Gasteiger partial charge on any atom is -0.392 e. The topological polar surface area (TPSA) is 45.1 Å². The molecule has 3 heteroatoms. The standard InChI is InChI=1S/C16H22N2O/c1-12(2)7-15(19)11-18-10-14-9-17-8-13-5-3-4-6-16(13)14/h3-6,8-9,12,15,18-19H,7,10-11H2,1-2H3. The molecule has 0 amide bonds. The number of nitrogens with zero attached hydrogens (tertiary/aromatic N) is 1. The van der Waals surface area contributed by atoms with E-state index >= 15 is 0 Å². The average molecular weight is 258 g/mol. The Labute approximate surface area is 114 Å². The molecule has 1 unspecified atom stereocenters. The molecule has 0 aliphatic carbocycles. The fourth-order valence-electron chi connectivity index (χ4n) is 2.32. The summed E-state index contributed by atoms with van der Waals surface area (Å²) in [6.07, 6.45) is 4.33. The molecule has 0 spiro atoms. The van der Waals surface area contributed by atoms with E-state index in [2.05, 4.69) is 36.3 Å². The Morgan fingerprint density at radius 2 is 2.00 bits per heavy atom. The summed E-state index contributed by atoms with van der Waals surface area (Å²) in [5.41, 5.74) is 1.18. The first kappa shape index (κ1) is 14.0. The molecule has 0 fully saturated rings. The number of hydrogen-bond donors (Lipinski definition) is 2. The van der Waals surface area contributed by atoms with Crippen molar-refractivity contribution in [3.05, 3.63) is 42.2 Å². The molecule has 2 N–H and O–H groups in total. The largest absolute Gasteiger partial charge is 0.392 e. The number of fused-ring (bicyclic) bond motifs is 1. The van der Waals surface area contributed by atoms with Gasteiger partial charge in [0.2, 0.25) is 0 Å². The molecule has 2 rings (SSSR count). The molecule has 3 nitrogen and oxygen atoms in total. The fourth-order valence-corrected chi connectivity index (χ4v) is 2.32. The number of benzene rings is 1. The Morgan fingerprint density at radius 1 is 1.21 bits per heavy atom. The Bertz CT molecular complexity index is 520. The van der Waals surface area contributed by atoms with Gasteiger partial charge in [0.1, 0.15) is 0 Å². The van der Waals surface area contributed by atoms with E-state index in [0.717, 1.165) is 18.4 Å². The van der Waals surface area contributed by atoms with Gasteiger partial charge in [0.25, 0.3) is 0 Å². The normalized spacial score (nSPS) is 13.1. The maximum atomic E-state index is 9.83. The van der Waals surface area contributed by atoms with Crippen molar-refractivity contribution in [2.45, 2.75) is 32.9 Å². The summed E-state index contributed by atoms with van der Waals surface area (Å²) in [7, 11) is 0. The molecular weight excluding hydrogens is 236 g/mol. The van der Waals surface area contributed by atoms with Crippen LogP contribution >= 0.6 is 0 Å². The van der Waals surface area contributed by atoms with Crippen LogP contribution in [0.1, 0.15) is 25.8 Å². The predicted molar refractivity (Wildman–Crippen MR) is 78.9 cm³/mol. The maximum absolute atomic E-state index is 9.83. The van der Waals surface area contributed by atoms with Gasteiger partial charge in [-0.05, 0) is 23.3 Å². The van der Waals surface area contributed by atoms with Gasteiger partial charge in [0.05, 0.1) is 6.10 Å². The molecule has 19 heavy (non-hydrogen) atoms. The van der Waals surface area contributed by atoms with Crippen LogP contribution in [0.2, 0.25) is 0 Å². The number of aliphatic hydroxyl groups is 1. The molecule has 1 atom stereocenters. The van der Waals surface area contributed by atoms with Crippen LogP contribution in [0.15, 0.2) is 36.7 Å². The van der Waals surface area contributed by atoms with Crippen molar-refractivity contribution >= 4 is 10.8 Å². The van der Waals surface area contributed by atoms with Crippen molar-refractivity contribution in [1.82, 2.24) is 10.3 Å². The zero-order chi connectivity index (χ0) is 13.7. The van der Waals surface area contributed by atoms with Gasteiger partial charge < -0.3 is 10.4 Å². The highest BCUT2D eigenvalue weighted by atomic mass is 16.3. The van der Waals surface area contributed by atoms with Crippen molar-refractivity contribution in [3.63, 3.8) is 0 Å². The van der Waals surface area contributed by atoms with Crippen LogP contribution in [0.3, 0.4) is 0 Å². The molecule has 0 aliphatic rings. The Balaban J connectivity index is 1.95. The van der Waals surface area contributed by atoms with Gasteiger partial charge in [-0.1, -0.05) is 38.1 Å². The summed E-state index contributed by atoms with van der Waals surface area (Å²) in [4.78, 5) is 4.26. The van der Waals surface area contributed by atoms with Gasteiger partial charge in [-0.3, -0.25) is 4.98 Å². The number of aliphatic hydroxyl groups excluding tert-OH is 1. The zero-order valence-corrected chi connectivity index (χ0v) is 11.6. The number of pyridine rings is 1. The Hall–Kier alpha value is -1.45. The van der Waals surface area contributed by atoms with E-state index in [1.54, 1.807) is 0 Å². The Kier molecular flexibility index (Phi) is 4.88. The molecular formula is C16H22N2O. The summed E-state index contributed by atoms with van der Waals surface area (Å²) in [5, 5.41) is 15.5. The second-order valence-electron chi connectivity index (χ2n) is 5.43. The van der Waals surface area contributed by atoms with Crippen LogP contribution in [-0.4, -0.2) is 22.7 Å². The molecule has 0 aliphatic heterocycles. The van der Waals surface area contributed by atoms with Gasteiger partial charge in [-0.25, -0.2) is 0 Å². The average Bonchev–Trinajstić information content (AvgIpc) is 2.38. The number of rotatable bonds is 6. The SMILES string of the molecule is CC(C)CC(O)CNCc1cncc2ccccc12. The molecule has 2 aromatic rings. The predicted octanol–water partition coefficient (Wildman–Crippen LogP) is 2.73. The van der Waals surface area contributed by atoms with Crippen molar-refractivity contribution in [1.29, 1.82) is 0 Å². The summed E-state index contributed by atoms with van der Waals surface area (Å²) in [6.45, 7) is 5.61. The lowest BCUT2D eigenvalue weighted by Gasteiger charge is -2.14. The van der Waals surface area contributed by atoms with E-state index in [1.165, 1.54) is 10.9 Å². The third kappa shape index (κ3) is 4.01. The molecule has 0 saturated carbocycles. The first-order chi connectivity index (χ1) is 9.16. The third-order valence-electron chi connectivity index (χ3n) is 3.19. The van der Waals surface area contributed by atoms with E-state index in [-0.39, 0.29) is 6.10 Å². The van der Waals surface area contributed by atoms with Crippen LogP contribution in [0.25, 0.3) is 10.8 Å². The fraction of sp³-hybridized carbons (Fsp3) is 0.438. The molecule has 1 aromatic carbocycles. The molecule has 0 saturated heterocycles. The van der Waals surface area contributed by atoms with Gasteiger partial charge >= 0.3 is 0 Å². The number of hydrogen-bond acceptors (Lipinski definition) is 3. The number of nitrogens with one attached hydrogen (secondary N) is 1. The van der Waals surface area contributed by atoms with Crippen molar-refractivity contribution in [3.8, 4) is 0 Å². The van der Waals surface area contributed by atoms with Crippen molar-refractivity contribution in [2.24, 2.45) is 5.92 Å². The van der Waals surface area contributed by atoms with E-state index in [4.69, 9.17) is 0 Å². The third-order valence-corrected chi connectivity index (χ3v) is 3.19. The summed E-state index contributed by atoms with van der Waals surface area (Å²) < 4.78 is 0. The molecule has 0 bridgehead atoms. The summed E-state index contributed by atoms with van der Waals surface area (Å²) >= 11 is 0. The highest BCUT2D eigenvalue weighted by Crippen LogP contribution is 2.16. The minimum absolute atomic E-state index is 0.275. The van der Waals surface area contributed by atoms with Gasteiger partial charge in [0, 0.05) is 30.9 Å². The number of aromatic nitrogens is 1. The molecule has 0 radical (unpaired) electrons. The lowest BCUT2D eigenvalue weighted by atomic mass is 10.1. The van der Waals surface area contributed by atoms with Crippen LogP contribution < -0.4 is 5.32 Å². The van der Waals surface area contributed by atoms with Gasteiger partial charge in [0.15, 0.2) is 0 Å². The zero-order valence-electron chi connectivity index (χ0n) is 11.6. The van der Waals surface area contributed by atoms with Crippen molar-refractivity contribution in [2.75, 3.05) is 6.54 Å². The molecule has 102 valence electrons. The van der Waals surface area contributed by atoms with E-state index in [1.807, 2.05) is 24.5 Å². The highest BCUT2D eigenvalue weighted by molar-refractivity contribution is 5.84. The van der Waals surface area contributed by atoms with Gasteiger partial charge in [-0.2, -0.15) is 0 Å². The quantitative estimate of drug-likeness (QED) is 0.837. The monoisotopic (exact) mass is 258 g/mol. The first-order valence-electron chi connectivity index (χ1n) is 6.87. The maximum Gasteiger partial charge on any atom is 0.0667 e. The van der Waals surface area contributed by atoms with Crippen LogP contribution in [0, 0.1) is 5.92 Å². The minimum atomic E-state index is -0.275. The van der Waals surface area contributed by atoms with Crippen LogP contribution in [0.4, 0.5) is 0 Å².